The Bertz CT molecular complexity index is 1430. The number of aryl methyl sites for hydroxylation is 1. The van der Waals surface area contributed by atoms with Crippen LogP contribution in [-0.2, 0) is 11.6 Å². The van der Waals surface area contributed by atoms with Gasteiger partial charge in [-0.3, -0.25) is 4.90 Å². The summed E-state index contributed by atoms with van der Waals surface area (Å²) in [6.07, 6.45) is -2.89. The summed E-state index contributed by atoms with van der Waals surface area (Å²) < 4.78 is 40.6. The van der Waals surface area contributed by atoms with Crippen molar-refractivity contribution in [1.29, 1.82) is 5.26 Å². The quantitative estimate of drug-likeness (QED) is 0.418. The first kappa shape index (κ1) is 27.1. The minimum Gasteiger partial charge on any atom is -0.363 e. The molecule has 7 nitrogen and oxygen atoms in total. The van der Waals surface area contributed by atoms with Gasteiger partial charge in [-0.25, -0.2) is 15.0 Å². The lowest BCUT2D eigenvalue weighted by Gasteiger charge is -2.38. The Morgan fingerprint density at radius 1 is 1.03 bits per heavy atom. The van der Waals surface area contributed by atoms with Crippen LogP contribution in [0.1, 0.15) is 67.7 Å². The van der Waals surface area contributed by atoms with Crippen LogP contribution < -0.4 is 10.2 Å². The Morgan fingerprint density at radius 3 is 2.31 bits per heavy atom. The van der Waals surface area contributed by atoms with Gasteiger partial charge in [-0.05, 0) is 70.7 Å². The molecule has 2 fully saturated rings. The van der Waals surface area contributed by atoms with Gasteiger partial charge in [-0.15, -0.1) is 0 Å². The van der Waals surface area contributed by atoms with Crippen molar-refractivity contribution in [1.82, 2.24) is 19.9 Å². The van der Waals surface area contributed by atoms with E-state index >= 15 is 0 Å². The van der Waals surface area contributed by atoms with Gasteiger partial charge in [0.25, 0.3) is 0 Å². The number of aromatic nitrogens is 3. The zero-order valence-electron chi connectivity index (χ0n) is 23.0. The summed E-state index contributed by atoms with van der Waals surface area (Å²) in [5, 5.41) is 14.1. The van der Waals surface area contributed by atoms with Gasteiger partial charge in [0, 0.05) is 37.8 Å². The van der Waals surface area contributed by atoms with Crippen LogP contribution in [-0.4, -0.2) is 52.1 Å². The molecule has 3 heterocycles. The van der Waals surface area contributed by atoms with Gasteiger partial charge in [0.2, 0.25) is 0 Å². The fourth-order valence-corrected chi connectivity index (χ4v) is 5.59. The number of anilines is 2. The van der Waals surface area contributed by atoms with E-state index in [0.717, 1.165) is 56.5 Å². The molecule has 5 rings (SSSR count). The van der Waals surface area contributed by atoms with Crippen LogP contribution >= 0.6 is 0 Å². The third kappa shape index (κ3) is 5.12. The molecule has 0 spiro atoms. The molecule has 0 unspecified atom stereocenters. The number of nitrogens with zero attached hydrogens (tertiary/aromatic N) is 6. The van der Waals surface area contributed by atoms with E-state index in [1.807, 2.05) is 13.0 Å². The number of hydrogen-bond donors (Lipinski definition) is 1. The highest BCUT2D eigenvalue weighted by Gasteiger charge is 2.48. The van der Waals surface area contributed by atoms with E-state index in [9.17, 15) is 18.4 Å². The number of benzene rings is 1. The summed E-state index contributed by atoms with van der Waals surface area (Å²) in [6, 6.07) is 8.75. The molecule has 0 bridgehead atoms. The van der Waals surface area contributed by atoms with Crippen molar-refractivity contribution < 1.29 is 13.2 Å². The molecule has 2 aliphatic rings. The van der Waals surface area contributed by atoms with Crippen LogP contribution in [0.25, 0.3) is 11.0 Å². The van der Waals surface area contributed by atoms with E-state index in [2.05, 4.69) is 45.0 Å². The molecule has 1 aromatic carbocycles. The molecule has 206 valence electrons. The number of fused-ring (bicyclic) bond motifs is 1. The largest absolute Gasteiger partial charge is 0.416 e. The molecular formula is C29H34F3N7. The summed E-state index contributed by atoms with van der Waals surface area (Å²) >= 11 is 0. The van der Waals surface area contributed by atoms with Crippen LogP contribution in [0.2, 0.25) is 0 Å². The average molecular weight is 538 g/mol. The van der Waals surface area contributed by atoms with E-state index in [-0.39, 0.29) is 5.56 Å². The molecular weight excluding hydrogens is 503 g/mol. The van der Waals surface area contributed by atoms with Crippen molar-refractivity contribution in [2.75, 3.05) is 36.4 Å². The standard InChI is InChI=1S/C29H34F3N7/c1-17(2)38-11-13-39(14-12-38)27-24(28(16-33)9-10-28)15-22-25(35-20(5)36-26(22)37-27)34-19(4)21-7-6-8-23(18(21)3)29(30,31)32/h6-8,15,17,19H,9-14H2,1-5H3,(H,34,35,36,37)/t19-/m1/s1. The lowest BCUT2D eigenvalue weighted by Crippen LogP contribution is -2.49. The highest BCUT2D eigenvalue weighted by molar-refractivity contribution is 5.89. The zero-order valence-corrected chi connectivity index (χ0v) is 23.0. The van der Waals surface area contributed by atoms with E-state index in [1.54, 1.807) is 13.0 Å². The predicted molar refractivity (Wildman–Crippen MR) is 146 cm³/mol. The van der Waals surface area contributed by atoms with Crippen molar-refractivity contribution in [3.63, 3.8) is 0 Å². The maximum absolute atomic E-state index is 13.5. The van der Waals surface area contributed by atoms with Crippen LogP contribution in [0.15, 0.2) is 24.3 Å². The van der Waals surface area contributed by atoms with Gasteiger partial charge < -0.3 is 10.2 Å². The first-order valence-electron chi connectivity index (χ1n) is 13.5. The third-order valence-electron chi connectivity index (χ3n) is 8.10. The Balaban J connectivity index is 1.56. The minimum absolute atomic E-state index is 0.183. The molecule has 39 heavy (non-hydrogen) atoms. The number of nitriles is 1. The van der Waals surface area contributed by atoms with Crippen molar-refractivity contribution in [2.24, 2.45) is 0 Å². The smallest absolute Gasteiger partial charge is 0.363 e. The van der Waals surface area contributed by atoms with Crippen molar-refractivity contribution >= 4 is 22.7 Å². The van der Waals surface area contributed by atoms with Crippen molar-refractivity contribution in [3.05, 3.63) is 52.3 Å². The van der Waals surface area contributed by atoms with Crippen LogP contribution in [0.4, 0.5) is 24.8 Å². The number of alkyl halides is 3. The zero-order chi connectivity index (χ0) is 28.1. The lowest BCUT2D eigenvalue weighted by molar-refractivity contribution is -0.138. The average Bonchev–Trinajstić information content (AvgIpc) is 3.68. The van der Waals surface area contributed by atoms with Gasteiger partial charge in [0.05, 0.1) is 28.5 Å². The molecule has 1 aliphatic heterocycles. The summed E-state index contributed by atoms with van der Waals surface area (Å²) in [5.41, 5.74) is 0.886. The Morgan fingerprint density at radius 2 is 1.72 bits per heavy atom. The highest BCUT2D eigenvalue weighted by Crippen LogP contribution is 2.51. The fraction of sp³-hybridized carbons (Fsp3) is 0.517. The molecule has 1 saturated carbocycles. The lowest BCUT2D eigenvalue weighted by atomic mass is 9.95. The molecule has 1 atom stereocenters. The maximum atomic E-state index is 13.5. The van der Waals surface area contributed by atoms with Crippen LogP contribution in [0.3, 0.4) is 0 Å². The van der Waals surface area contributed by atoms with E-state index in [4.69, 9.17) is 4.98 Å². The van der Waals surface area contributed by atoms with Gasteiger partial charge in [0.1, 0.15) is 17.5 Å². The second-order valence-corrected chi connectivity index (χ2v) is 11.0. The number of halogens is 3. The van der Waals surface area contributed by atoms with E-state index in [0.29, 0.717) is 34.3 Å². The summed E-state index contributed by atoms with van der Waals surface area (Å²) in [5.74, 6) is 1.81. The number of hydrogen-bond acceptors (Lipinski definition) is 7. The van der Waals surface area contributed by atoms with Gasteiger partial charge >= 0.3 is 6.18 Å². The molecule has 2 aromatic heterocycles. The second-order valence-electron chi connectivity index (χ2n) is 11.0. The Labute approximate surface area is 227 Å². The van der Waals surface area contributed by atoms with E-state index in [1.165, 1.54) is 13.0 Å². The topological polar surface area (TPSA) is 81.0 Å². The van der Waals surface area contributed by atoms with Crippen molar-refractivity contribution in [3.8, 4) is 6.07 Å². The number of pyridine rings is 1. The summed E-state index contributed by atoms with van der Waals surface area (Å²) in [6.45, 7) is 12.9. The molecule has 3 aromatic rings. The molecule has 0 amide bonds. The van der Waals surface area contributed by atoms with Crippen LogP contribution in [0.5, 0.6) is 0 Å². The van der Waals surface area contributed by atoms with Gasteiger partial charge in [0.15, 0.2) is 5.65 Å². The summed E-state index contributed by atoms with van der Waals surface area (Å²) in [7, 11) is 0. The Kier molecular flexibility index (Phi) is 6.91. The first-order valence-corrected chi connectivity index (χ1v) is 13.5. The Hall–Kier alpha value is -3.45. The number of rotatable bonds is 6. The van der Waals surface area contributed by atoms with Gasteiger partial charge in [-0.1, -0.05) is 12.1 Å². The molecule has 1 saturated heterocycles. The predicted octanol–water partition coefficient (Wildman–Crippen LogP) is 5.92. The fourth-order valence-electron chi connectivity index (χ4n) is 5.59. The molecule has 1 aliphatic carbocycles. The third-order valence-corrected chi connectivity index (χ3v) is 8.10. The van der Waals surface area contributed by atoms with Crippen LogP contribution in [0, 0.1) is 25.2 Å². The van der Waals surface area contributed by atoms with E-state index < -0.39 is 23.2 Å². The highest BCUT2D eigenvalue weighted by atomic mass is 19.4. The SMILES string of the molecule is Cc1nc(N[C@H](C)c2cccc(C(F)(F)F)c2C)c2cc(C3(C#N)CC3)c(N3CCN(C(C)C)CC3)nc2n1. The molecule has 10 heteroatoms. The first-order chi connectivity index (χ1) is 18.4. The normalized spacial score (nSPS) is 18.3. The summed E-state index contributed by atoms with van der Waals surface area (Å²) in [4.78, 5) is 18.9. The number of nitrogens with one attached hydrogen (secondary N) is 1. The van der Waals surface area contributed by atoms with Gasteiger partial charge in [-0.2, -0.15) is 18.4 Å². The monoisotopic (exact) mass is 537 g/mol. The van der Waals surface area contributed by atoms with Crippen molar-refractivity contribution in [2.45, 2.75) is 71.1 Å². The second kappa shape index (κ2) is 9.94. The molecule has 1 N–H and O–H groups in total. The number of piperazine rings is 1. The maximum Gasteiger partial charge on any atom is 0.416 e. The minimum atomic E-state index is -4.43. The molecule has 0 radical (unpaired) electrons.